The highest BCUT2D eigenvalue weighted by molar-refractivity contribution is 7.91. The van der Waals surface area contributed by atoms with Crippen molar-refractivity contribution in [2.45, 2.75) is 66.9 Å². The molecule has 0 radical (unpaired) electrons. The first kappa shape index (κ1) is 30.9. The van der Waals surface area contributed by atoms with Crippen LogP contribution in [0.3, 0.4) is 0 Å². The van der Waals surface area contributed by atoms with E-state index in [1.807, 2.05) is 48.5 Å². The lowest BCUT2D eigenvalue weighted by atomic mass is 9.69. The molecule has 1 heterocycles. The molecule has 9 heteroatoms. The number of alkyl halides is 1. The van der Waals surface area contributed by atoms with E-state index >= 15 is 4.39 Å². The smallest absolute Gasteiger partial charge is 0.175 e. The molecule has 0 bridgehead atoms. The summed E-state index contributed by atoms with van der Waals surface area (Å²) in [6, 6.07) is 20.7. The number of fused-ring (bicyclic) bond motifs is 1. The third kappa shape index (κ3) is 5.26. The Morgan fingerprint density at radius 3 is 2.05 bits per heavy atom. The van der Waals surface area contributed by atoms with Crippen LogP contribution in [-0.2, 0) is 36.5 Å². The standard InChI is InChI=1S/C35H38FNO5S2/c1-33(2,44(4,41)42)29-20-25-9-6-18-37-32(25)31(21-29)24-8-5-7-23(19-24)22-34(36,35(38,27-10-11-27)28-12-13-28)26-14-16-30(17-15-26)43(3,39)40/h5-9,14-21,27-28,38H,10-13,22H2,1-4H3. The second-order valence-corrected chi connectivity index (χ2v) is 17.8. The first-order valence-corrected chi connectivity index (χ1v) is 18.7. The Morgan fingerprint density at radius 2 is 1.48 bits per heavy atom. The zero-order valence-corrected chi connectivity index (χ0v) is 27.1. The summed E-state index contributed by atoms with van der Waals surface area (Å²) in [7, 11) is -6.93. The lowest BCUT2D eigenvalue weighted by molar-refractivity contribution is -0.140. The number of halogens is 1. The van der Waals surface area contributed by atoms with E-state index in [0.717, 1.165) is 48.5 Å². The summed E-state index contributed by atoms with van der Waals surface area (Å²) >= 11 is 0. The van der Waals surface area contributed by atoms with Crippen LogP contribution >= 0.6 is 0 Å². The summed E-state index contributed by atoms with van der Waals surface area (Å²) in [4.78, 5) is 4.71. The van der Waals surface area contributed by atoms with Gasteiger partial charge in [-0.3, -0.25) is 4.98 Å². The van der Waals surface area contributed by atoms with E-state index < -0.39 is 35.7 Å². The summed E-state index contributed by atoms with van der Waals surface area (Å²) in [5, 5.41) is 13.0. The molecular weight excluding hydrogens is 598 g/mol. The quantitative estimate of drug-likeness (QED) is 0.212. The van der Waals surface area contributed by atoms with Crippen LogP contribution in [0.25, 0.3) is 22.0 Å². The van der Waals surface area contributed by atoms with Crippen molar-refractivity contribution < 1.29 is 26.3 Å². The van der Waals surface area contributed by atoms with Gasteiger partial charge in [0.25, 0.3) is 0 Å². The third-order valence-corrected chi connectivity index (χ3v) is 13.0. The van der Waals surface area contributed by atoms with E-state index in [2.05, 4.69) is 4.98 Å². The van der Waals surface area contributed by atoms with Crippen LogP contribution in [-0.4, -0.2) is 45.0 Å². The first-order valence-electron chi connectivity index (χ1n) is 15.0. The summed E-state index contributed by atoms with van der Waals surface area (Å²) < 4.78 is 66.6. The van der Waals surface area contributed by atoms with Gasteiger partial charge in [-0.25, -0.2) is 21.2 Å². The number of rotatable bonds is 10. The van der Waals surface area contributed by atoms with Crippen molar-refractivity contribution in [3.05, 3.63) is 95.7 Å². The van der Waals surface area contributed by atoms with Crippen molar-refractivity contribution in [1.29, 1.82) is 0 Å². The third-order valence-electron chi connectivity index (χ3n) is 9.79. The Morgan fingerprint density at radius 1 is 0.841 bits per heavy atom. The Labute approximate surface area is 259 Å². The topological polar surface area (TPSA) is 101 Å². The van der Waals surface area contributed by atoms with Crippen molar-refractivity contribution in [1.82, 2.24) is 4.98 Å². The van der Waals surface area contributed by atoms with Gasteiger partial charge in [-0.1, -0.05) is 42.5 Å². The highest BCUT2D eigenvalue weighted by Crippen LogP contribution is 2.61. The molecule has 6 nitrogen and oxygen atoms in total. The van der Waals surface area contributed by atoms with Crippen molar-refractivity contribution in [2.75, 3.05) is 12.5 Å². The van der Waals surface area contributed by atoms with E-state index in [9.17, 15) is 21.9 Å². The summed E-state index contributed by atoms with van der Waals surface area (Å²) in [5.41, 5.74) is 0.00561. The number of nitrogens with zero attached hydrogens (tertiary/aromatic N) is 1. The average molecular weight is 636 g/mol. The van der Waals surface area contributed by atoms with Crippen molar-refractivity contribution in [2.24, 2.45) is 11.8 Å². The van der Waals surface area contributed by atoms with E-state index in [1.54, 1.807) is 20.0 Å². The van der Waals surface area contributed by atoms with Gasteiger partial charge in [-0.2, -0.15) is 0 Å². The number of pyridine rings is 1. The molecule has 3 aromatic carbocycles. The van der Waals surface area contributed by atoms with Crippen LogP contribution < -0.4 is 0 Å². The van der Waals surface area contributed by atoms with Gasteiger partial charge < -0.3 is 5.11 Å². The molecule has 44 heavy (non-hydrogen) atoms. The largest absolute Gasteiger partial charge is 0.386 e. The maximum absolute atomic E-state index is 17.9. The van der Waals surface area contributed by atoms with Gasteiger partial charge in [-0.05, 0) is 104 Å². The molecule has 2 aliphatic carbocycles. The highest BCUT2D eigenvalue weighted by atomic mass is 32.2. The second-order valence-electron chi connectivity index (χ2n) is 13.2. The normalized spacial score (nSPS) is 17.9. The number of aliphatic hydroxyl groups is 1. The molecule has 6 rings (SSSR count). The lowest BCUT2D eigenvalue weighted by Gasteiger charge is -2.43. The van der Waals surface area contributed by atoms with Crippen LogP contribution in [0, 0.1) is 11.8 Å². The number of benzene rings is 3. The van der Waals surface area contributed by atoms with E-state index in [-0.39, 0.29) is 28.7 Å². The monoisotopic (exact) mass is 635 g/mol. The SMILES string of the molecule is CC(C)(c1cc(-c2cccc(CC(F)(c3ccc(S(C)(=O)=O)cc3)C(O)(C3CC3)C3CC3)c2)c2ncccc2c1)S(C)(=O)=O. The van der Waals surface area contributed by atoms with Gasteiger partial charge >= 0.3 is 0 Å². The maximum Gasteiger partial charge on any atom is 0.175 e. The minimum absolute atomic E-state index is 0.100. The van der Waals surface area contributed by atoms with E-state index in [4.69, 9.17) is 0 Å². The van der Waals surface area contributed by atoms with Crippen LogP contribution in [0.2, 0.25) is 0 Å². The minimum atomic E-state index is -3.47. The number of hydrogen-bond donors (Lipinski definition) is 1. The van der Waals surface area contributed by atoms with Crippen LogP contribution in [0.1, 0.15) is 56.2 Å². The van der Waals surface area contributed by atoms with E-state index in [0.29, 0.717) is 16.6 Å². The van der Waals surface area contributed by atoms with Gasteiger partial charge in [0, 0.05) is 36.1 Å². The van der Waals surface area contributed by atoms with Crippen LogP contribution in [0.5, 0.6) is 0 Å². The fraction of sp³-hybridized carbons (Fsp3) is 0.400. The molecular formula is C35H38FNO5S2. The molecule has 0 amide bonds. The summed E-state index contributed by atoms with van der Waals surface area (Å²) in [6.07, 6.45) is 6.93. The molecule has 0 saturated heterocycles. The van der Waals surface area contributed by atoms with Crippen molar-refractivity contribution in [3.8, 4) is 11.1 Å². The molecule has 1 N–H and O–H groups in total. The maximum atomic E-state index is 17.9. The predicted molar refractivity (Wildman–Crippen MR) is 171 cm³/mol. The van der Waals surface area contributed by atoms with Gasteiger partial charge in [-0.15, -0.1) is 0 Å². The molecule has 2 aliphatic rings. The van der Waals surface area contributed by atoms with Crippen molar-refractivity contribution >= 4 is 30.6 Å². The van der Waals surface area contributed by atoms with Crippen molar-refractivity contribution in [3.63, 3.8) is 0 Å². The van der Waals surface area contributed by atoms with Gasteiger partial charge in [0.05, 0.1) is 15.2 Å². The predicted octanol–water partition coefficient (Wildman–Crippen LogP) is 6.54. The highest BCUT2D eigenvalue weighted by Gasteiger charge is 2.65. The molecule has 1 unspecified atom stereocenters. The van der Waals surface area contributed by atoms with Gasteiger partial charge in [0.2, 0.25) is 0 Å². The molecule has 2 fully saturated rings. The second kappa shape index (κ2) is 10.5. The minimum Gasteiger partial charge on any atom is -0.386 e. The summed E-state index contributed by atoms with van der Waals surface area (Å²) in [5.74, 6) is -0.332. The molecule has 0 aliphatic heterocycles. The molecule has 1 atom stereocenters. The van der Waals surface area contributed by atoms with Gasteiger partial charge in [0.1, 0.15) is 5.60 Å². The van der Waals surface area contributed by atoms with Crippen LogP contribution in [0.15, 0.2) is 83.9 Å². The Hall–Kier alpha value is -3.14. The number of sulfone groups is 2. The zero-order chi connectivity index (χ0) is 31.7. The molecule has 0 spiro atoms. The summed E-state index contributed by atoms with van der Waals surface area (Å²) in [6.45, 7) is 3.37. The first-order chi connectivity index (χ1) is 20.6. The Bertz CT molecular complexity index is 1950. The number of hydrogen-bond acceptors (Lipinski definition) is 6. The molecule has 1 aromatic heterocycles. The zero-order valence-electron chi connectivity index (χ0n) is 25.4. The molecule has 4 aromatic rings. The Kier molecular flexibility index (Phi) is 7.34. The fourth-order valence-electron chi connectivity index (χ4n) is 6.57. The average Bonchev–Trinajstić information content (AvgIpc) is 3.88. The lowest BCUT2D eigenvalue weighted by Crippen LogP contribution is -2.54. The molecule has 2 saturated carbocycles. The van der Waals surface area contributed by atoms with Crippen LogP contribution in [0.4, 0.5) is 4.39 Å². The fourth-order valence-corrected chi connectivity index (χ4v) is 7.75. The molecule has 232 valence electrons. The Balaban J connectivity index is 1.48. The number of aromatic nitrogens is 1. The van der Waals surface area contributed by atoms with E-state index in [1.165, 1.54) is 30.5 Å². The van der Waals surface area contributed by atoms with Gasteiger partial charge in [0.15, 0.2) is 25.3 Å².